The summed E-state index contributed by atoms with van der Waals surface area (Å²) in [4.78, 5) is 22.9. The summed E-state index contributed by atoms with van der Waals surface area (Å²) in [6.45, 7) is 0. The van der Waals surface area contributed by atoms with Gasteiger partial charge in [-0.05, 0) is 47.5 Å². The summed E-state index contributed by atoms with van der Waals surface area (Å²) in [5, 5.41) is 11.7. The number of amides is 1. The van der Waals surface area contributed by atoms with Gasteiger partial charge >= 0.3 is 12.1 Å². The molecule has 0 fully saturated rings. The lowest BCUT2D eigenvalue weighted by Gasteiger charge is -2.08. The number of nitrogens with one attached hydrogen (secondary N) is 1. The molecule has 3 aromatic carbocycles. The zero-order chi connectivity index (χ0) is 17.6. The summed E-state index contributed by atoms with van der Waals surface area (Å²) in [7, 11) is 0. The molecule has 2 N–H and O–H groups in total. The molecule has 0 aliphatic heterocycles. The third-order valence-corrected chi connectivity index (χ3v) is 3.53. The summed E-state index contributed by atoms with van der Waals surface area (Å²) in [6, 6.07) is 22.5. The van der Waals surface area contributed by atoms with E-state index in [2.05, 4.69) is 5.32 Å². The van der Waals surface area contributed by atoms with Gasteiger partial charge in [0.1, 0.15) is 5.75 Å². The molecule has 0 spiro atoms. The molecule has 124 valence electrons. The third kappa shape index (κ3) is 4.23. The Bertz CT molecular complexity index is 889. The van der Waals surface area contributed by atoms with E-state index in [0.717, 1.165) is 11.1 Å². The average molecular weight is 333 g/mol. The molecule has 25 heavy (non-hydrogen) atoms. The summed E-state index contributed by atoms with van der Waals surface area (Å²) < 4.78 is 5.16. The molecule has 0 aliphatic carbocycles. The average Bonchev–Trinajstić information content (AvgIpc) is 2.63. The number of carboxylic acids is 1. The second-order valence-corrected chi connectivity index (χ2v) is 5.29. The van der Waals surface area contributed by atoms with E-state index >= 15 is 0 Å². The number of rotatable bonds is 4. The number of para-hydroxylation sites is 1. The van der Waals surface area contributed by atoms with Crippen molar-refractivity contribution in [3.63, 3.8) is 0 Å². The molecule has 0 aliphatic rings. The number of carbonyl (C=O) groups excluding carboxylic acids is 1. The molecule has 0 bridgehead atoms. The SMILES string of the molecule is O=C(Nc1ccc(-c2cccc(C(=O)O)c2)cc1)Oc1ccccc1. The monoisotopic (exact) mass is 333 g/mol. The van der Waals surface area contributed by atoms with Crippen LogP contribution >= 0.6 is 0 Å². The Morgan fingerprint density at radius 2 is 1.52 bits per heavy atom. The predicted octanol–water partition coefficient (Wildman–Crippen LogP) is 4.66. The second kappa shape index (κ2) is 7.31. The maximum Gasteiger partial charge on any atom is 0.417 e. The van der Waals surface area contributed by atoms with E-state index in [4.69, 9.17) is 9.84 Å². The minimum atomic E-state index is -0.969. The molecule has 5 nitrogen and oxygen atoms in total. The molecule has 0 saturated heterocycles. The van der Waals surface area contributed by atoms with Gasteiger partial charge in [0.25, 0.3) is 0 Å². The summed E-state index contributed by atoms with van der Waals surface area (Å²) in [5.41, 5.74) is 2.45. The van der Waals surface area contributed by atoms with Crippen molar-refractivity contribution in [2.24, 2.45) is 0 Å². The van der Waals surface area contributed by atoms with E-state index in [1.54, 1.807) is 66.7 Å². The van der Waals surface area contributed by atoms with Gasteiger partial charge in [-0.1, -0.05) is 42.5 Å². The van der Waals surface area contributed by atoms with Gasteiger partial charge in [-0.25, -0.2) is 9.59 Å². The Labute approximate surface area is 144 Å². The highest BCUT2D eigenvalue weighted by Crippen LogP contribution is 2.22. The first kappa shape index (κ1) is 16.3. The highest BCUT2D eigenvalue weighted by Gasteiger charge is 2.07. The lowest BCUT2D eigenvalue weighted by Crippen LogP contribution is -2.16. The minimum absolute atomic E-state index is 0.228. The molecule has 3 rings (SSSR count). The zero-order valence-corrected chi connectivity index (χ0v) is 13.2. The van der Waals surface area contributed by atoms with E-state index in [9.17, 15) is 9.59 Å². The summed E-state index contributed by atoms with van der Waals surface area (Å²) >= 11 is 0. The maximum atomic E-state index is 11.9. The Morgan fingerprint density at radius 1 is 0.800 bits per heavy atom. The van der Waals surface area contributed by atoms with E-state index in [-0.39, 0.29) is 5.56 Å². The molecule has 3 aromatic rings. The molecule has 0 unspecified atom stereocenters. The molecule has 0 atom stereocenters. The number of hydrogen-bond donors (Lipinski definition) is 2. The molecule has 0 saturated carbocycles. The second-order valence-electron chi connectivity index (χ2n) is 5.29. The number of carbonyl (C=O) groups is 2. The van der Waals surface area contributed by atoms with Crippen LogP contribution in [0, 0.1) is 0 Å². The van der Waals surface area contributed by atoms with Crippen LogP contribution in [0.25, 0.3) is 11.1 Å². The van der Waals surface area contributed by atoms with E-state index in [1.807, 2.05) is 12.1 Å². The van der Waals surface area contributed by atoms with E-state index < -0.39 is 12.1 Å². The topological polar surface area (TPSA) is 75.6 Å². The first-order valence-corrected chi connectivity index (χ1v) is 7.59. The van der Waals surface area contributed by atoms with Gasteiger partial charge in [-0.3, -0.25) is 5.32 Å². The number of carboxylic acid groups (broad SMARTS) is 1. The molecular weight excluding hydrogens is 318 g/mol. The molecule has 5 heteroatoms. The number of hydrogen-bond acceptors (Lipinski definition) is 3. The fourth-order valence-corrected chi connectivity index (χ4v) is 2.32. The molecule has 1 amide bonds. The predicted molar refractivity (Wildman–Crippen MR) is 94.9 cm³/mol. The van der Waals surface area contributed by atoms with Crippen molar-refractivity contribution in [3.8, 4) is 16.9 Å². The molecule has 0 radical (unpaired) electrons. The Morgan fingerprint density at radius 3 is 2.20 bits per heavy atom. The largest absolute Gasteiger partial charge is 0.478 e. The van der Waals surface area contributed by atoms with Crippen LogP contribution in [0.15, 0.2) is 78.9 Å². The third-order valence-electron chi connectivity index (χ3n) is 3.53. The highest BCUT2D eigenvalue weighted by molar-refractivity contribution is 5.90. The van der Waals surface area contributed by atoms with Gasteiger partial charge in [0.05, 0.1) is 5.56 Å². The zero-order valence-electron chi connectivity index (χ0n) is 13.2. The maximum absolute atomic E-state index is 11.9. The lowest BCUT2D eigenvalue weighted by atomic mass is 10.0. The van der Waals surface area contributed by atoms with Crippen molar-refractivity contribution in [2.75, 3.05) is 5.32 Å². The Balaban J connectivity index is 1.69. The van der Waals surface area contributed by atoms with E-state index in [1.165, 1.54) is 0 Å². The Kier molecular flexibility index (Phi) is 4.76. The van der Waals surface area contributed by atoms with Crippen LogP contribution in [0.4, 0.5) is 10.5 Å². The van der Waals surface area contributed by atoms with Crippen molar-refractivity contribution in [1.29, 1.82) is 0 Å². The van der Waals surface area contributed by atoms with Crippen LogP contribution in [0.5, 0.6) is 5.75 Å². The van der Waals surface area contributed by atoms with Gasteiger partial charge in [0, 0.05) is 5.69 Å². The fourth-order valence-electron chi connectivity index (χ4n) is 2.32. The van der Waals surface area contributed by atoms with Crippen LogP contribution in [0.2, 0.25) is 0 Å². The standard InChI is InChI=1S/C20H15NO4/c22-19(23)16-6-4-5-15(13-16)14-9-11-17(12-10-14)21-20(24)25-18-7-2-1-3-8-18/h1-13H,(H,21,24)(H,22,23). The first-order chi connectivity index (χ1) is 12.1. The van der Waals surface area contributed by atoms with Crippen LogP contribution in [-0.4, -0.2) is 17.2 Å². The highest BCUT2D eigenvalue weighted by atomic mass is 16.6. The molecule has 0 heterocycles. The van der Waals surface area contributed by atoms with Crippen LogP contribution in [0.3, 0.4) is 0 Å². The van der Waals surface area contributed by atoms with Crippen molar-refractivity contribution in [1.82, 2.24) is 0 Å². The van der Waals surface area contributed by atoms with Crippen molar-refractivity contribution in [3.05, 3.63) is 84.4 Å². The van der Waals surface area contributed by atoms with Crippen molar-refractivity contribution >= 4 is 17.7 Å². The quantitative estimate of drug-likeness (QED) is 0.728. The van der Waals surface area contributed by atoms with E-state index in [0.29, 0.717) is 11.4 Å². The summed E-state index contributed by atoms with van der Waals surface area (Å²) in [6.07, 6.45) is -0.577. The fraction of sp³-hybridized carbons (Fsp3) is 0. The molecular formula is C20H15NO4. The first-order valence-electron chi connectivity index (χ1n) is 7.59. The lowest BCUT2D eigenvalue weighted by molar-refractivity contribution is 0.0697. The molecule has 0 aromatic heterocycles. The van der Waals surface area contributed by atoms with Gasteiger partial charge < -0.3 is 9.84 Å². The van der Waals surface area contributed by atoms with Crippen LogP contribution in [0.1, 0.15) is 10.4 Å². The van der Waals surface area contributed by atoms with Crippen LogP contribution < -0.4 is 10.1 Å². The minimum Gasteiger partial charge on any atom is -0.478 e. The van der Waals surface area contributed by atoms with Gasteiger partial charge in [0.2, 0.25) is 0 Å². The summed E-state index contributed by atoms with van der Waals surface area (Å²) in [5.74, 6) is -0.508. The van der Waals surface area contributed by atoms with Crippen LogP contribution in [-0.2, 0) is 0 Å². The van der Waals surface area contributed by atoms with Gasteiger partial charge in [-0.2, -0.15) is 0 Å². The number of benzene rings is 3. The number of anilines is 1. The normalized spacial score (nSPS) is 10.1. The Hall–Kier alpha value is -3.60. The van der Waals surface area contributed by atoms with Crippen molar-refractivity contribution in [2.45, 2.75) is 0 Å². The smallest absolute Gasteiger partial charge is 0.417 e. The van der Waals surface area contributed by atoms with Gasteiger partial charge in [0.15, 0.2) is 0 Å². The van der Waals surface area contributed by atoms with Gasteiger partial charge in [-0.15, -0.1) is 0 Å². The number of aromatic carboxylic acids is 1. The number of ether oxygens (including phenoxy) is 1. The van der Waals surface area contributed by atoms with Crippen molar-refractivity contribution < 1.29 is 19.4 Å².